The second-order valence-corrected chi connectivity index (χ2v) is 8.42. The van der Waals surface area contributed by atoms with Crippen LogP contribution in [0.25, 0.3) is 0 Å². The van der Waals surface area contributed by atoms with Crippen molar-refractivity contribution in [2.75, 3.05) is 23.7 Å². The number of halogens is 1. The van der Waals surface area contributed by atoms with Gasteiger partial charge in [-0.1, -0.05) is 35.8 Å². The molecule has 1 N–H and O–H groups in total. The molecular formula is C15H23BrN2O3S. The van der Waals surface area contributed by atoms with E-state index in [4.69, 9.17) is 0 Å². The van der Waals surface area contributed by atoms with Crippen LogP contribution >= 0.6 is 15.9 Å². The molecule has 7 heteroatoms. The van der Waals surface area contributed by atoms with Crippen molar-refractivity contribution in [1.82, 2.24) is 5.32 Å². The summed E-state index contributed by atoms with van der Waals surface area (Å²) in [6, 6.07) is 7.02. The van der Waals surface area contributed by atoms with Crippen LogP contribution in [0.15, 0.2) is 28.7 Å². The first-order chi connectivity index (χ1) is 10.2. The minimum atomic E-state index is -3.43. The van der Waals surface area contributed by atoms with Crippen molar-refractivity contribution < 1.29 is 13.2 Å². The number of sulfonamides is 1. The molecule has 0 spiro atoms. The number of nitrogens with zero attached hydrogens (tertiary/aromatic N) is 1. The maximum Gasteiger partial charge on any atom is 0.232 e. The fourth-order valence-electron chi connectivity index (χ4n) is 1.91. The number of hydrogen-bond donors (Lipinski definition) is 1. The van der Waals surface area contributed by atoms with Crippen LogP contribution < -0.4 is 9.62 Å². The van der Waals surface area contributed by atoms with Crippen LogP contribution in [0.2, 0.25) is 0 Å². The van der Waals surface area contributed by atoms with Gasteiger partial charge in [0.15, 0.2) is 0 Å². The summed E-state index contributed by atoms with van der Waals surface area (Å²) in [7, 11) is -3.43. The van der Waals surface area contributed by atoms with Gasteiger partial charge in [-0.2, -0.15) is 0 Å². The molecule has 1 aromatic carbocycles. The van der Waals surface area contributed by atoms with Crippen molar-refractivity contribution in [1.29, 1.82) is 0 Å². The molecule has 0 atom stereocenters. The summed E-state index contributed by atoms with van der Waals surface area (Å²) >= 11 is 3.32. The van der Waals surface area contributed by atoms with Gasteiger partial charge in [0.05, 0.1) is 11.9 Å². The zero-order valence-electron chi connectivity index (χ0n) is 13.2. The van der Waals surface area contributed by atoms with Gasteiger partial charge in [-0.05, 0) is 30.5 Å². The van der Waals surface area contributed by atoms with E-state index in [2.05, 4.69) is 35.1 Å². The zero-order valence-corrected chi connectivity index (χ0v) is 15.6. The fourth-order valence-corrected chi connectivity index (χ4v) is 3.22. The molecule has 0 bridgehead atoms. The second kappa shape index (κ2) is 8.53. The van der Waals surface area contributed by atoms with Crippen LogP contribution in [-0.4, -0.2) is 33.7 Å². The minimum absolute atomic E-state index is 0.128. The Bertz CT molecular complexity index is 603. The lowest BCUT2D eigenvalue weighted by atomic mass is 10.1. The molecule has 0 aliphatic rings. The van der Waals surface area contributed by atoms with E-state index in [0.29, 0.717) is 18.2 Å². The third-order valence-corrected chi connectivity index (χ3v) is 4.77. The lowest BCUT2D eigenvalue weighted by molar-refractivity contribution is -0.120. The smallest absolute Gasteiger partial charge is 0.232 e. The van der Waals surface area contributed by atoms with Crippen molar-refractivity contribution >= 4 is 37.5 Å². The molecule has 0 unspecified atom stereocenters. The highest BCUT2D eigenvalue weighted by molar-refractivity contribution is 9.10. The molecule has 0 aliphatic carbocycles. The third-order valence-electron chi connectivity index (χ3n) is 3.08. The SMILES string of the molecule is CC(C)CCNC(=O)CCN(c1cccc(Br)c1)S(C)(=O)=O. The lowest BCUT2D eigenvalue weighted by Gasteiger charge is -2.22. The standard InChI is InChI=1S/C15H23BrN2O3S/c1-12(2)7-9-17-15(19)8-10-18(22(3,20)21)14-6-4-5-13(16)11-14/h4-6,11-12H,7-10H2,1-3H3,(H,17,19). The molecule has 0 aromatic heterocycles. The van der Waals surface area contributed by atoms with Gasteiger partial charge in [0.1, 0.15) is 0 Å². The van der Waals surface area contributed by atoms with Crippen LogP contribution in [0.1, 0.15) is 26.7 Å². The average molecular weight is 391 g/mol. The summed E-state index contributed by atoms with van der Waals surface area (Å²) in [5.74, 6) is 0.388. The second-order valence-electron chi connectivity index (χ2n) is 5.60. The number of anilines is 1. The maximum absolute atomic E-state index is 11.9. The van der Waals surface area contributed by atoms with Crippen LogP contribution in [0.3, 0.4) is 0 Å². The lowest BCUT2D eigenvalue weighted by Crippen LogP contribution is -2.35. The van der Waals surface area contributed by atoms with Gasteiger partial charge in [0.2, 0.25) is 15.9 Å². The predicted octanol–water partition coefficient (Wildman–Crippen LogP) is 2.77. The molecule has 124 valence electrons. The van der Waals surface area contributed by atoms with E-state index < -0.39 is 10.0 Å². The number of nitrogens with one attached hydrogen (secondary N) is 1. The van der Waals surface area contributed by atoms with Crippen molar-refractivity contribution in [2.45, 2.75) is 26.7 Å². The molecule has 22 heavy (non-hydrogen) atoms. The Morgan fingerprint density at radius 1 is 1.36 bits per heavy atom. The highest BCUT2D eigenvalue weighted by atomic mass is 79.9. The largest absolute Gasteiger partial charge is 0.356 e. The van der Waals surface area contributed by atoms with Gasteiger partial charge in [0.25, 0.3) is 0 Å². The van der Waals surface area contributed by atoms with Crippen LogP contribution in [0.5, 0.6) is 0 Å². The van der Waals surface area contributed by atoms with E-state index in [-0.39, 0.29) is 18.9 Å². The van der Waals surface area contributed by atoms with Crippen molar-refractivity contribution in [2.24, 2.45) is 5.92 Å². The molecule has 0 saturated carbocycles. The Labute approximate surface area is 141 Å². The van der Waals surface area contributed by atoms with E-state index in [1.807, 2.05) is 6.07 Å². The van der Waals surface area contributed by atoms with E-state index in [1.165, 1.54) is 4.31 Å². The van der Waals surface area contributed by atoms with Crippen LogP contribution in [-0.2, 0) is 14.8 Å². The van der Waals surface area contributed by atoms with E-state index in [9.17, 15) is 13.2 Å². The van der Waals surface area contributed by atoms with Gasteiger partial charge in [0, 0.05) is 24.0 Å². The van der Waals surface area contributed by atoms with Crippen molar-refractivity contribution in [3.05, 3.63) is 28.7 Å². The predicted molar refractivity (Wildman–Crippen MR) is 93.4 cm³/mol. The molecule has 0 saturated heterocycles. The van der Waals surface area contributed by atoms with E-state index >= 15 is 0 Å². The maximum atomic E-state index is 11.9. The summed E-state index contributed by atoms with van der Waals surface area (Å²) in [5.41, 5.74) is 0.548. The van der Waals surface area contributed by atoms with Gasteiger partial charge >= 0.3 is 0 Å². The van der Waals surface area contributed by atoms with Gasteiger partial charge in [-0.15, -0.1) is 0 Å². The Balaban J connectivity index is 2.66. The molecule has 0 fully saturated rings. The quantitative estimate of drug-likeness (QED) is 0.741. The van der Waals surface area contributed by atoms with E-state index in [0.717, 1.165) is 17.1 Å². The van der Waals surface area contributed by atoms with E-state index in [1.54, 1.807) is 18.2 Å². The zero-order chi connectivity index (χ0) is 16.8. The first kappa shape index (κ1) is 19.0. The number of amides is 1. The molecular weight excluding hydrogens is 368 g/mol. The minimum Gasteiger partial charge on any atom is -0.356 e. The summed E-state index contributed by atoms with van der Waals surface area (Å²) in [6.07, 6.45) is 2.19. The average Bonchev–Trinajstić information content (AvgIpc) is 2.37. The van der Waals surface area contributed by atoms with Gasteiger partial charge in [-0.25, -0.2) is 8.42 Å². The molecule has 1 rings (SSSR count). The van der Waals surface area contributed by atoms with Gasteiger partial charge in [-0.3, -0.25) is 9.10 Å². The summed E-state index contributed by atoms with van der Waals surface area (Å²) in [5, 5.41) is 2.81. The number of rotatable bonds is 8. The molecule has 0 radical (unpaired) electrons. The fraction of sp³-hybridized carbons (Fsp3) is 0.533. The highest BCUT2D eigenvalue weighted by Gasteiger charge is 2.18. The molecule has 1 aromatic rings. The number of carbonyl (C=O) groups is 1. The molecule has 0 heterocycles. The number of carbonyl (C=O) groups excluding carboxylic acids is 1. The van der Waals surface area contributed by atoms with Crippen molar-refractivity contribution in [3.8, 4) is 0 Å². The third kappa shape index (κ3) is 6.79. The van der Waals surface area contributed by atoms with Crippen LogP contribution in [0, 0.1) is 5.92 Å². The first-order valence-electron chi connectivity index (χ1n) is 7.20. The monoisotopic (exact) mass is 390 g/mol. The Hall–Kier alpha value is -1.08. The number of hydrogen-bond acceptors (Lipinski definition) is 3. The molecule has 5 nitrogen and oxygen atoms in total. The van der Waals surface area contributed by atoms with Crippen LogP contribution in [0.4, 0.5) is 5.69 Å². The summed E-state index contributed by atoms with van der Waals surface area (Å²) in [4.78, 5) is 11.8. The van der Waals surface area contributed by atoms with Crippen molar-refractivity contribution in [3.63, 3.8) is 0 Å². The Morgan fingerprint density at radius 2 is 2.05 bits per heavy atom. The Kier molecular flexibility index (Phi) is 7.35. The molecule has 0 aliphatic heterocycles. The summed E-state index contributed by atoms with van der Waals surface area (Å²) < 4.78 is 25.9. The highest BCUT2D eigenvalue weighted by Crippen LogP contribution is 2.22. The Morgan fingerprint density at radius 3 is 2.59 bits per heavy atom. The topological polar surface area (TPSA) is 66.5 Å². The van der Waals surface area contributed by atoms with Gasteiger partial charge < -0.3 is 5.32 Å². The normalized spacial score (nSPS) is 11.5. The number of benzene rings is 1. The summed E-state index contributed by atoms with van der Waals surface area (Å²) in [6.45, 7) is 4.92. The molecule has 1 amide bonds. The first-order valence-corrected chi connectivity index (χ1v) is 9.84.